The van der Waals surface area contributed by atoms with E-state index in [-0.39, 0.29) is 26.3 Å². The van der Waals surface area contributed by atoms with Crippen molar-refractivity contribution in [3.05, 3.63) is 75.6 Å². The highest BCUT2D eigenvalue weighted by Gasteiger charge is 2.26. The first-order valence-electron chi connectivity index (χ1n) is 9.97. The Balaban J connectivity index is 1.80. The van der Waals surface area contributed by atoms with Gasteiger partial charge >= 0.3 is 0 Å². The van der Waals surface area contributed by atoms with Gasteiger partial charge in [-0.1, -0.05) is 44.5 Å². The summed E-state index contributed by atoms with van der Waals surface area (Å²) in [6, 6.07) is 9.56. The molecule has 2 aromatic carbocycles. The lowest BCUT2D eigenvalue weighted by Gasteiger charge is -2.14. The van der Waals surface area contributed by atoms with Crippen LogP contribution in [0.1, 0.15) is 25.8 Å². The zero-order valence-corrected chi connectivity index (χ0v) is 21.3. The van der Waals surface area contributed by atoms with E-state index in [1.807, 2.05) is 20.8 Å². The third-order valence-electron chi connectivity index (χ3n) is 4.68. The predicted octanol–water partition coefficient (Wildman–Crippen LogP) is 7.28. The molecular weight excluding hydrogens is 521 g/mol. The van der Waals surface area contributed by atoms with Gasteiger partial charge in [0, 0.05) is 17.2 Å². The molecule has 11 heteroatoms. The number of halogens is 4. The number of benzene rings is 2. The van der Waals surface area contributed by atoms with E-state index in [1.54, 1.807) is 30.5 Å². The van der Waals surface area contributed by atoms with Crippen molar-refractivity contribution in [2.75, 3.05) is 4.72 Å². The van der Waals surface area contributed by atoms with Crippen LogP contribution in [-0.4, -0.2) is 19.2 Å². The van der Waals surface area contributed by atoms with E-state index in [0.717, 1.165) is 28.1 Å². The normalized spacial score (nSPS) is 12.6. The van der Waals surface area contributed by atoms with Crippen molar-refractivity contribution >= 4 is 51.2 Å². The van der Waals surface area contributed by atoms with Crippen molar-refractivity contribution in [3.63, 3.8) is 0 Å². The highest BCUT2D eigenvalue weighted by molar-refractivity contribution is 7.86. The molecule has 1 unspecified atom stereocenters. The van der Waals surface area contributed by atoms with Gasteiger partial charge in [0.1, 0.15) is 11.6 Å². The van der Waals surface area contributed by atoms with E-state index in [0.29, 0.717) is 17.0 Å². The minimum absolute atomic E-state index is 0.100. The number of rotatable bonds is 5. The third kappa shape index (κ3) is 5.12. The number of aromatic nitrogens is 3. The lowest BCUT2D eigenvalue weighted by atomic mass is 9.98. The lowest BCUT2D eigenvalue weighted by Crippen LogP contribution is -2.10. The Morgan fingerprint density at radius 2 is 1.82 bits per heavy atom. The second-order valence-electron chi connectivity index (χ2n) is 8.27. The molecule has 0 saturated carbocycles. The van der Waals surface area contributed by atoms with Gasteiger partial charge in [-0.15, -0.1) is 11.3 Å². The molecule has 0 radical (unpaired) electrons. The summed E-state index contributed by atoms with van der Waals surface area (Å²) in [6.45, 7) is 6.13. The zero-order valence-electron chi connectivity index (χ0n) is 18.2. The summed E-state index contributed by atoms with van der Waals surface area (Å²) in [5.41, 5.74) is 1.75. The lowest BCUT2D eigenvalue weighted by molar-refractivity contribution is 0.572. The number of thiazole rings is 1. The van der Waals surface area contributed by atoms with Crippen molar-refractivity contribution < 1.29 is 13.0 Å². The molecule has 0 amide bonds. The molecule has 4 rings (SSSR count). The summed E-state index contributed by atoms with van der Waals surface area (Å²) >= 11 is 14.2. The number of anilines is 1. The van der Waals surface area contributed by atoms with Gasteiger partial charge in [0.15, 0.2) is 11.0 Å². The predicted molar refractivity (Wildman–Crippen MR) is 134 cm³/mol. The number of hydrogen-bond acceptors (Lipinski definition) is 5. The fourth-order valence-electron chi connectivity index (χ4n) is 3.03. The molecule has 0 aliphatic carbocycles. The Labute approximate surface area is 211 Å². The minimum Gasteiger partial charge on any atom is -0.300 e. The van der Waals surface area contributed by atoms with E-state index in [4.69, 9.17) is 28.2 Å². The first kappa shape index (κ1) is 24.7. The zero-order chi connectivity index (χ0) is 24.6. The van der Waals surface area contributed by atoms with Gasteiger partial charge in [0.2, 0.25) is 5.28 Å². The smallest absolute Gasteiger partial charge is 0.222 e. The van der Waals surface area contributed by atoms with Gasteiger partial charge in [-0.05, 0) is 41.9 Å². The van der Waals surface area contributed by atoms with E-state index >= 15 is 0 Å². The van der Waals surface area contributed by atoms with Crippen molar-refractivity contribution in [2.45, 2.75) is 31.1 Å². The highest BCUT2D eigenvalue weighted by Crippen LogP contribution is 2.43. The Morgan fingerprint density at radius 1 is 1.06 bits per heavy atom. The summed E-state index contributed by atoms with van der Waals surface area (Å²) in [5.74, 6) is -1.49. The molecule has 1 atom stereocenters. The molecule has 5 nitrogen and oxygen atoms in total. The highest BCUT2D eigenvalue weighted by atomic mass is 35.5. The Hall–Kier alpha value is -2.46. The quantitative estimate of drug-likeness (QED) is 0.271. The van der Waals surface area contributed by atoms with Crippen molar-refractivity contribution in [1.82, 2.24) is 15.0 Å². The minimum atomic E-state index is -2.09. The Kier molecular flexibility index (Phi) is 7.00. The number of nitrogens with one attached hydrogen (secondary N) is 1. The summed E-state index contributed by atoms with van der Waals surface area (Å²) in [4.78, 5) is 13.5. The molecule has 0 aliphatic rings. The van der Waals surface area contributed by atoms with E-state index in [2.05, 4.69) is 14.7 Å². The number of hydrogen-bond donors (Lipinski definition) is 1. The maximum absolute atomic E-state index is 14.1. The van der Waals surface area contributed by atoms with Crippen molar-refractivity contribution in [2.24, 2.45) is 0 Å². The molecule has 0 saturated heterocycles. The molecule has 1 N–H and O–H groups in total. The second kappa shape index (κ2) is 9.65. The fourth-order valence-corrected chi connectivity index (χ4v) is 5.54. The van der Waals surface area contributed by atoms with Crippen molar-refractivity contribution in [1.29, 1.82) is 0 Å². The third-order valence-corrected chi connectivity index (χ3v) is 7.89. The van der Waals surface area contributed by atoms with Crippen molar-refractivity contribution in [3.8, 4) is 21.8 Å². The Morgan fingerprint density at radius 3 is 2.53 bits per heavy atom. The van der Waals surface area contributed by atoms with Crippen LogP contribution in [0.2, 0.25) is 10.3 Å². The van der Waals surface area contributed by atoms with Gasteiger partial charge in [-0.25, -0.2) is 27.9 Å². The molecule has 0 fully saturated rings. The molecule has 2 aromatic heterocycles. The van der Waals surface area contributed by atoms with Crippen LogP contribution in [-0.2, 0) is 16.4 Å². The standard InChI is InChI=1S/C23H18Cl2F2N4OS2/c1-23(2,3)21-30-19(20(33-21)16-9-10-28-22(25)29-16)13-5-4-6-15(18(13)24)31-34(32)17-11-12(26)7-8-14(17)27/h4-11,31H,1-3H3. The number of nitrogens with zero attached hydrogens (tertiary/aromatic N) is 3. The van der Waals surface area contributed by atoms with Gasteiger partial charge < -0.3 is 0 Å². The molecular formula is C23H18Cl2F2N4OS2. The van der Waals surface area contributed by atoms with Crippen LogP contribution in [0.25, 0.3) is 21.8 Å². The SMILES string of the molecule is CC(C)(C)c1nc(-c2cccc(NS(=O)c3cc(F)ccc3F)c2Cl)c(-c2ccnc(Cl)n2)s1. The van der Waals surface area contributed by atoms with E-state index in [1.165, 1.54) is 11.3 Å². The molecule has 176 valence electrons. The maximum atomic E-state index is 14.1. The average molecular weight is 539 g/mol. The molecule has 0 spiro atoms. The average Bonchev–Trinajstić information content (AvgIpc) is 3.23. The topological polar surface area (TPSA) is 67.8 Å². The molecule has 34 heavy (non-hydrogen) atoms. The fraction of sp³-hybridized carbons (Fsp3) is 0.174. The van der Waals surface area contributed by atoms with Crippen LogP contribution in [0.15, 0.2) is 53.6 Å². The van der Waals surface area contributed by atoms with Crippen LogP contribution >= 0.6 is 34.5 Å². The summed E-state index contributed by atoms with van der Waals surface area (Å²) in [5, 5.41) is 1.18. The molecule has 2 heterocycles. The Bertz CT molecular complexity index is 1410. The van der Waals surface area contributed by atoms with Crippen LogP contribution in [0.4, 0.5) is 14.5 Å². The molecule has 0 aliphatic heterocycles. The van der Waals surface area contributed by atoms with E-state index < -0.39 is 22.6 Å². The van der Waals surface area contributed by atoms with Gasteiger partial charge in [0.25, 0.3) is 0 Å². The van der Waals surface area contributed by atoms with Gasteiger partial charge in [0.05, 0.1) is 36.9 Å². The largest absolute Gasteiger partial charge is 0.300 e. The monoisotopic (exact) mass is 538 g/mol. The van der Waals surface area contributed by atoms with Crippen LogP contribution in [0, 0.1) is 11.6 Å². The van der Waals surface area contributed by atoms with Crippen LogP contribution < -0.4 is 4.72 Å². The summed E-state index contributed by atoms with van der Waals surface area (Å²) in [6.07, 6.45) is 1.56. The summed E-state index contributed by atoms with van der Waals surface area (Å²) in [7, 11) is -2.09. The van der Waals surface area contributed by atoms with E-state index in [9.17, 15) is 13.0 Å². The van der Waals surface area contributed by atoms with Gasteiger partial charge in [-0.2, -0.15) is 0 Å². The summed E-state index contributed by atoms with van der Waals surface area (Å²) < 4.78 is 43.1. The van der Waals surface area contributed by atoms with Gasteiger partial charge in [-0.3, -0.25) is 4.72 Å². The molecule has 0 bridgehead atoms. The van der Waals surface area contributed by atoms with Crippen LogP contribution in [0.5, 0.6) is 0 Å². The second-order valence-corrected chi connectivity index (χ2v) is 11.2. The van der Waals surface area contributed by atoms with Crippen LogP contribution in [0.3, 0.4) is 0 Å². The molecule has 4 aromatic rings. The maximum Gasteiger partial charge on any atom is 0.222 e. The first-order valence-corrected chi connectivity index (χ1v) is 12.7. The first-order chi connectivity index (χ1) is 16.0.